The molecule has 0 bridgehead atoms. The normalized spacial score (nSPS) is 12.2. The van der Waals surface area contributed by atoms with Gasteiger partial charge in [0.2, 0.25) is 15.9 Å². The van der Waals surface area contributed by atoms with Gasteiger partial charge in [0.25, 0.3) is 0 Å². The van der Waals surface area contributed by atoms with E-state index in [0.717, 1.165) is 17.2 Å². The molecule has 0 aliphatic carbocycles. The third-order valence-electron chi connectivity index (χ3n) is 4.69. The Morgan fingerprint density at radius 2 is 1.81 bits per heavy atom. The summed E-state index contributed by atoms with van der Waals surface area (Å²) in [7, 11) is -2.75. The van der Waals surface area contributed by atoms with Crippen LogP contribution in [0.5, 0.6) is 5.75 Å². The van der Waals surface area contributed by atoms with Gasteiger partial charge in [-0.05, 0) is 54.8 Å². The molecule has 1 atom stereocenters. The third kappa shape index (κ3) is 5.85. The summed E-state index contributed by atoms with van der Waals surface area (Å²) in [6.07, 6.45) is 0.0922. The van der Waals surface area contributed by atoms with Gasteiger partial charge in [-0.2, -0.15) is 4.72 Å². The second-order valence-corrected chi connectivity index (χ2v) is 9.23. The zero-order chi connectivity index (χ0) is 23.3. The molecule has 0 fully saturated rings. The predicted molar refractivity (Wildman–Crippen MR) is 122 cm³/mol. The Morgan fingerprint density at radius 1 is 1.09 bits per heavy atom. The number of carbonyl (C=O) groups is 1. The number of aryl methyl sites for hydroxylation is 1. The van der Waals surface area contributed by atoms with Crippen LogP contribution in [-0.4, -0.2) is 27.5 Å². The van der Waals surface area contributed by atoms with E-state index in [1.807, 2.05) is 6.07 Å². The lowest BCUT2D eigenvalue weighted by Gasteiger charge is -2.20. The maximum Gasteiger partial charge on any atom is 0.245 e. The number of carbonyl (C=O) groups excluding carboxylic acids is 1. The number of amides is 1. The summed E-state index contributed by atoms with van der Waals surface area (Å²) >= 11 is 5.79. The number of benzene rings is 3. The van der Waals surface area contributed by atoms with Crippen LogP contribution in [0.1, 0.15) is 11.1 Å². The van der Waals surface area contributed by atoms with Gasteiger partial charge in [0, 0.05) is 5.69 Å². The molecular weight excluding hydrogens is 455 g/mol. The lowest BCUT2D eigenvalue weighted by Crippen LogP contribution is -2.45. The Kier molecular flexibility index (Phi) is 7.50. The Bertz CT molecular complexity index is 1220. The standard InChI is InChI=1S/C23H22ClFN2O4S/c1-15-8-11-21(31-2)22(12-15)32(29,30)27-20(13-16-6-4-3-5-7-16)23(28)26-17-9-10-19(25)18(24)14-17/h3-12,14,20,27H,13H2,1-2H3,(H,26,28)/t20-/m1/s1. The fourth-order valence-corrected chi connectivity index (χ4v) is 4.72. The van der Waals surface area contributed by atoms with Gasteiger partial charge in [0.15, 0.2) is 0 Å². The molecule has 0 saturated heterocycles. The summed E-state index contributed by atoms with van der Waals surface area (Å²) in [5.74, 6) is -1.09. The molecule has 0 spiro atoms. The van der Waals surface area contributed by atoms with Crippen LogP contribution in [0, 0.1) is 12.7 Å². The van der Waals surface area contributed by atoms with Crippen molar-refractivity contribution in [3.8, 4) is 5.75 Å². The molecule has 0 aliphatic rings. The largest absolute Gasteiger partial charge is 0.495 e. The summed E-state index contributed by atoms with van der Waals surface area (Å²) < 4.78 is 47.5. The lowest BCUT2D eigenvalue weighted by molar-refractivity contribution is -0.117. The van der Waals surface area contributed by atoms with Crippen molar-refractivity contribution in [2.45, 2.75) is 24.3 Å². The van der Waals surface area contributed by atoms with Gasteiger partial charge < -0.3 is 10.1 Å². The fraction of sp³-hybridized carbons (Fsp3) is 0.174. The van der Waals surface area contributed by atoms with Crippen LogP contribution in [0.15, 0.2) is 71.6 Å². The van der Waals surface area contributed by atoms with E-state index in [-0.39, 0.29) is 27.8 Å². The number of methoxy groups -OCH3 is 1. The highest BCUT2D eigenvalue weighted by Gasteiger charge is 2.28. The van der Waals surface area contributed by atoms with E-state index in [1.54, 1.807) is 43.3 Å². The van der Waals surface area contributed by atoms with E-state index in [2.05, 4.69) is 10.0 Å². The van der Waals surface area contributed by atoms with Gasteiger partial charge >= 0.3 is 0 Å². The highest BCUT2D eigenvalue weighted by molar-refractivity contribution is 7.89. The summed E-state index contributed by atoms with van der Waals surface area (Å²) in [6.45, 7) is 1.75. The average Bonchev–Trinajstić information content (AvgIpc) is 2.76. The van der Waals surface area contributed by atoms with Gasteiger partial charge in [0.05, 0.1) is 12.1 Å². The minimum Gasteiger partial charge on any atom is -0.495 e. The molecule has 3 rings (SSSR count). The first-order valence-corrected chi connectivity index (χ1v) is 11.5. The summed E-state index contributed by atoms with van der Waals surface area (Å²) in [5, 5.41) is 2.44. The molecule has 0 unspecified atom stereocenters. The van der Waals surface area contributed by atoms with Crippen molar-refractivity contribution < 1.29 is 22.3 Å². The third-order valence-corrected chi connectivity index (χ3v) is 6.47. The first-order valence-electron chi connectivity index (χ1n) is 9.66. The van der Waals surface area contributed by atoms with Crippen molar-refractivity contribution in [3.05, 3.63) is 88.7 Å². The highest BCUT2D eigenvalue weighted by atomic mass is 35.5. The first-order chi connectivity index (χ1) is 15.2. The topological polar surface area (TPSA) is 84.5 Å². The molecule has 6 nitrogen and oxygen atoms in total. The molecule has 2 N–H and O–H groups in total. The summed E-state index contributed by atoms with van der Waals surface area (Å²) in [6, 6.07) is 16.3. The van der Waals surface area contributed by atoms with Crippen molar-refractivity contribution in [1.29, 1.82) is 0 Å². The van der Waals surface area contributed by atoms with Gasteiger partial charge in [-0.3, -0.25) is 4.79 Å². The van der Waals surface area contributed by atoms with E-state index in [1.165, 1.54) is 25.3 Å². The number of hydrogen-bond donors (Lipinski definition) is 2. The van der Waals surface area contributed by atoms with Crippen molar-refractivity contribution in [2.24, 2.45) is 0 Å². The summed E-state index contributed by atoms with van der Waals surface area (Å²) in [4.78, 5) is 13.0. The van der Waals surface area contributed by atoms with E-state index in [0.29, 0.717) is 0 Å². The molecule has 168 valence electrons. The molecular formula is C23H22ClFN2O4S. The van der Waals surface area contributed by atoms with E-state index >= 15 is 0 Å². The molecule has 3 aromatic carbocycles. The quantitative estimate of drug-likeness (QED) is 0.507. The minimum atomic E-state index is -4.12. The highest BCUT2D eigenvalue weighted by Crippen LogP contribution is 2.25. The van der Waals surface area contributed by atoms with Gasteiger partial charge in [0.1, 0.15) is 22.5 Å². The van der Waals surface area contributed by atoms with E-state index in [9.17, 15) is 17.6 Å². The maximum atomic E-state index is 13.4. The van der Waals surface area contributed by atoms with Crippen LogP contribution in [0.2, 0.25) is 5.02 Å². The molecule has 32 heavy (non-hydrogen) atoms. The van der Waals surface area contributed by atoms with Crippen LogP contribution in [0.4, 0.5) is 10.1 Å². The number of rotatable bonds is 8. The number of sulfonamides is 1. The van der Waals surface area contributed by atoms with Crippen LogP contribution >= 0.6 is 11.6 Å². The van der Waals surface area contributed by atoms with Crippen LogP contribution in [0.25, 0.3) is 0 Å². The van der Waals surface area contributed by atoms with Crippen LogP contribution in [-0.2, 0) is 21.2 Å². The molecule has 0 radical (unpaired) electrons. The van der Waals surface area contributed by atoms with Crippen LogP contribution < -0.4 is 14.8 Å². The second kappa shape index (κ2) is 10.1. The number of ether oxygens (including phenoxy) is 1. The monoisotopic (exact) mass is 476 g/mol. The molecule has 0 aromatic heterocycles. The molecule has 9 heteroatoms. The minimum absolute atomic E-state index is 0.0734. The number of anilines is 1. The number of hydrogen-bond acceptors (Lipinski definition) is 4. The predicted octanol–water partition coefficient (Wildman–Crippen LogP) is 4.32. The van der Waals surface area contributed by atoms with Gasteiger partial charge in [-0.15, -0.1) is 0 Å². The first kappa shape index (κ1) is 23.7. The SMILES string of the molecule is COc1ccc(C)cc1S(=O)(=O)N[C@H](Cc1ccccc1)C(=O)Nc1ccc(F)c(Cl)c1. The zero-order valence-corrected chi connectivity index (χ0v) is 19.0. The Balaban J connectivity index is 1.92. The fourth-order valence-electron chi connectivity index (χ4n) is 3.09. The van der Waals surface area contributed by atoms with E-state index < -0.39 is 27.8 Å². The van der Waals surface area contributed by atoms with Crippen molar-refractivity contribution >= 4 is 33.2 Å². The number of halogens is 2. The molecule has 0 saturated carbocycles. The Morgan fingerprint density at radius 3 is 2.47 bits per heavy atom. The number of nitrogens with one attached hydrogen (secondary N) is 2. The van der Waals surface area contributed by atoms with Crippen molar-refractivity contribution in [3.63, 3.8) is 0 Å². The van der Waals surface area contributed by atoms with E-state index in [4.69, 9.17) is 16.3 Å². The van der Waals surface area contributed by atoms with Crippen LogP contribution in [0.3, 0.4) is 0 Å². The average molecular weight is 477 g/mol. The lowest BCUT2D eigenvalue weighted by atomic mass is 10.1. The molecule has 0 aliphatic heterocycles. The Labute approximate surface area is 191 Å². The summed E-state index contributed by atoms with van der Waals surface area (Å²) in [5.41, 5.74) is 1.71. The molecule has 0 heterocycles. The Hall–Kier alpha value is -2.94. The molecule has 3 aromatic rings. The zero-order valence-electron chi connectivity index (χ0n) is 17.4. The van der Waals surface area contributed by atoms with Crippen molar-refractivity contribution in [1.82, 2.24) is 4.72 Å². The second-order valence-electron chi connectivity index (χ2n) is 7.14. The maximum absolute atomic E-state index is 13.4. The van der Waals surface area contributed by atoms with Gasteiger partial charge in [-0.25, -0.2) is 12.8 Å². The molecule has 1 amide bonds. The smallest absolute Gasteiger partial charge is 0.245 e. The van der Waals surface area contributed by atoms with Crippen molar-refractivity contribution in [2.75, 3.05) is 12.4 Å². The van der Waals surface area contributed by atoms with Gasteiger partial charge in [-0.1, -0.05) is 48.0 Å².